The van der Waals surface area contributed by atoms with E-state index in [4.69, 9.17) is 18.9 Å². The van der Waals surface area contributed by atoms with Crippen LogP contribution in [0.5, 0.6) is 0 Å². The zero-order valence-electron chi connectivity index (χ0n) is 9.21. The summed E-state index contributed by atoms with van der Waals surface area (Å²) < 4.78 is 24.1. The molecule has 5 rings (SSSR count). The van der Waals surface area contributed by atoms with Gasteiger partial charge in [-0.25, -0.2) is 0 Å². The van der Waals surface area contributed by atoms with E-state index < -0.39 is 10.9 Å². The Kier molecular flexibility index (Phi) is 1.34. The van der Waals surface area contributed by atoms with Crippen molar-refractivity contribution in [3.63, 3.8) is 0 Å². The van der Waals surface area contributed by atoms with Crippen LogP contribution in [-0.4, -0.2) is 29.7 Å². The first-order valence-corrected chi connectivity index (χ1v) is 7.16. The number of hydrogen-bond donors (Lipinski definition) is 0. The third-order valence-electron chi connectivity index (χ3n) is 5.09. The summed E-state index contributed by atoms with van der Waals surface area (Å²) in [4.78, 5) is 0. The van der Waals surface area contributed by atoms with Crippen LogP contribution in [0.2, 0.25) is 0 Å². The van der Waals surface area contributed by atoms with Gasteiger partial charge in [-0.2, -0.15) is 0 Å². The molecule has 16 heavy (non-hydrogen) atoms. The predicted octanol–water partition coefficient (Wildman–Crippen LogP) is 1.36. The lowest BCUT2D eigenvalue weighted by Gasteiger charge is -2.36. The van der Waals surface area contributed by atoms with Crippen molar-refractivity contribution in [3.05, 3.63) is 0 Å². The highest BCUT2D eigenvalue weighted by Gasteiger charge is 2.81. The molecule has 0 aromatic heterocycles. The molecule has 5 aliphatic rings. The summed E-state index contributed by atoms with van der Waals surface area (Å²) in [5, 5.41) is -0.505. The highest BCUT2D eigenvalue weighted by molar-refractivity contribution is 7.99. The fraction of sp³-hybridized carbons (Fsp3) is 1.00. The maximum atomic E-state index is 6.17. The third kappa shape index (κ3) is 0.705. The molecular weight excluding hydrogens is 228 g/mol. The van der Waals surface area contributed by atoms with Crippen LogP contribution in [0.3, 0.4) is 0 Å². The van der Waals surface area contributed by atoms with Gasteiger partial charge >= 0.3 is 0 Å². The summed E-state index contributed by atoms with van der Waals surface area (Å²) >= 11 is 1.66. The summed E-state index contributed by atoms with van der Waals surface area (Å²) in [5.74, 6) is 1.47. The standard InChI is InChI=1S/C11H14O4S/c1-10-6-4-3-5-7(6)11(15-10,16-2)14-9(5)12-8(4)13-10/h4-9H,3H2,1-2H3/t4-,5+,6-,7+,8+,9-,10+,11+/m1/s1. The molecular formula is C11H14O4S. The molecule has 1 saturated carbocycles. The minimum Gasteiger partial charge on any atom is -0.323 e. The summed E-state index contributed by atoms with van der Waals surface area (Å²) in [7, 11) is 0. The lowest BCUT2D eigenvalue weighted by molar-refractivity contribution is -0.385. The fourth-order valence-electron chi connectivity index (χ4n) is 4.70. The number of thioether (sulfide) groups is 1. The van der Waals surface area contributed by atoms with Crippen molar-refractivity contribution >= 4 is 11.8 Å². The second-order valence-electron chi connectivity index (χ2n) is 5.65. The van der Waals surface area contributed by atoms with E-state index in [9.17, 15) is 0 Å². The highest BCUT2D eigenvalue weighted by atomic mass is 32.2. The Morgan fingerprint density at radius 3 is 2.69 bits per heavy atom. The first-order valence-electron chi connectivity index (χ1n) is 5.93. The summed E-state index contributed by atoms with van der Waals surface area (Å²) in [6, 6.07) is 0. The smallest absolute Gasteiger partial charge is 0.226 e. The van der Waals surface area contributed by atoms with Crippen LogP contribution in [0.1, 0.15) is 13.3 Å². The molecule has 88 valence electrons. The zero-order chi connectivity index (χ0) is 10.7. The molecule has 4 heterocycles. The van der Waals surface area contributed by atoms with Crippen LogP contribution >= 0.6 is 11.8 Å². The molecule has 0 unspecified atom stereocenters. The van der Waals surface area contributed by atoms with E-state index in [1.54, 1.807) is 11.8 Å². The van der Waals surface area contributed by atoms with Crippen molar-refractivity contribution in [2.75, 3.05) is 6.26 Å². The number of ether oxygens (including phenoxy) is 4. The molecule has 0 amide bonds. The molecule has 5 heteroatoms. The van der Waals surface area contributed by atoms with E-state index in [0.717, 1.165) is 0 Å². The highest BCUT2D eigenvalue weighted by Crippen LogP contribution is 2.74. The van der Waals surface area contributed by atoms with Gasteiger partial charge in [0.05, 0.1) is 0 Å². The molecule has 4 saturated heterocycles. The van der Waals surface area contributed by atoms with Gasteiger partial charge in [0.1, 0.15) is 0 Å². The van der Waals surface area contributed by atoms with Gasteiger partial charge in [0.25, 0.3) is 0 Å². The van der Waals surface area contributed by atoms with Crippen LogP contribution in [0.15, 0.2) is 0 Å². The molecule has 0 radical (unpaired) electrons. The Labute approximate surface area is 97.9 Å². The average Bonchev–Trinajstić information content (AvgIpc) is 2.83. The van der Waals surface area contributed by atoms with E-state index in [2.05, 4.69) is 13.2 Å². The van der Waals surface area contributed by atoms with Gasteiger partial charge < -0.3 is 18.9 Å². The predicted molar refractivity (Wildman–Crippen MR) is 55.1 cm³/mol. The molecule has 8 atom stereocenters. The topological polar surface area (TPSA) is 36.9 Å². The van der Waals surface area contributed by atoms with Gasteiger partial charge in [-0.05, 0) is 19.6 Å². The molecule has 4 aliphatic heterocycles. The van der Waals surface area contributed by atoms with Crippen molar-refractivity contribution in [2.45, 2.75) is 36.8 Å². The third-order valence-corrected chi connectivity index (χ3v) is 6.12. The van der Waals surface area contributed by atoms with Crippen molar-refractivity contribution in [3.8, 4) is 0 Å². The largest absolute Gasteiger partial charge is 0.323 e. The summed E-state index contributed by atoms with van der Waals surface area (Å²) in [5.41, 5.74) is 0. The van der Waals surface area contributed by atoms with Crippen molar-refractivity contribution in [1.82, 2.24) is 0 Å². The van der Waals surface area contributed by atoms with Gasteiger partial charge in [-0.3, -0.25) is 0 Å². The maximum Gasteiger partial charge on any atom is 0.226 e. The van der Waals surface area contributed by atoms with Gasteiger partial charge in [-0.15, -0.1) is 11.8 Å². The van der Waals surface area contributed by atoms with Crippen LogP contribution in [0.25, 0.3) is 0 Å². The minimum absolute atomic E-state index is 0.0959. The Hall–Kier alpha value is 0.190. The zero-order valence-corrected chi connectivity index (χ0v) is 10.0. The first kappa shape index (κ1) is 9.16. The second kappa shape index (κ2) is 2.34. The normalized spacial score (nSPS) is 73.1. The van der Waals surface area contributed by atoms with Crippen LogP contribution < -0.4 is 0 Å². The summed E-state index contributed by atoms with van der Waals surface area (Å²) in [6.07, 6.45) is 3.04. The number of rotatable bonds is 1. The van der Waals surface area contributed by atoms with Crippen LogP contribution in [0, 0.1) is 23.7 Å². The quantitative estimate of drug-likeness (QED) is 0.694. The summed E-state index contributed by atoms with van der Waals surface area (Å²) in [6.45, 7) is 2.05. The Balaban J connectivity index is 1.76. The molecule has 0 aromatic rings. The van der Waals surface area contributed by atoms with Crippen molar-refractivity contribution in [2.24, 2.45) is 23.7 Å². The molecule has 0 aromatic carbocycles. The molecule has 4 nitrogen and oxygen atoms in total. The van der Waals surface area contributed by atoms with E-state index in [1.165, 1.54) is 6.42 Å². The monoisotopic (exact) mass is 242 g/mol. The molecule has 1 aliphatic carbocycles. The Bertz CT molecular complexity index is 390. The SMILES string of the molecule is CS[C@@]12O[C@H]3O[C@H]4O[C@@](C)(O1)[C@@H]1[C@H]4C[C@H]3[C@@H]12. The second-order valence-corrected chi connectivity index (χ2v) is 6.63. The van der Waals surface area contributed by atoms with Crippen LogP contribution in [-0.2, 0) is 18.9 Å². The minimum atomic E-state index is -0.505. The van der Waals surface area contributed by atoms with Gasteiger partial charge in [0.2, 0.25) is 5.12 Å². The van der Waals surface area contributed by atoms with E-state index in [-0.39, 0.29) is 12.6 Å². The van der Waals surface area contributed by atoms with E-state index in [1.807, 2.05) is 0 Å². The van der Waals surface area contributed by atoms with Crippen LogP contribution in [0.4, 0.5) is 0 Å². The molecule has 0 spiro atoms. The van der Waals surface area contributed by atoms with Gasteiger partial charge in [0.15, 0.2) is 18.4 Å². The first-order chi connectivity index (χ1) is 7.67. The van der Waals surface area contributed by atoms with E-state index >= 15 is 0 Å². The van der Waals surface area contributed by atoms with Crippen molar-refractivity contribution in [1.29, 1.82) is 0 Å². The average molecular weight is 242 g/mol. The lowest BCUT2D eigenvalue weighted by atomic mass is 9.86. The Morgan fingerprint density at radius 1 is 1.12 bits per heavy atom. The Morgan fingerprint density at radius 2 is 1.88 bits per heavy atom. The van der Waals surface area contributed by atoms with Crippen molar-refractivity contribution < 1.29 is 18.9 Å². The van der Waals surface area contributed by atoms with Gasteiger partial charge in [0, 0.05) is 23.7 Å². The lowest BCUT2D eigenvalue weighted by Crippen LogP contribution is -2.42. The van der Waals surface area contributed by atoms with Gasteiger partial charge in [-0.1, -0.05) is 0 Å². The van der Waals surface area contributed by atoms with E-state index in [0.29, 0.717) is 23.7 Å². The molecule has 5 fully saturated rings. The molecule has 0 N–H and O–H groups in total. The number of hydrogen-bond acceptors (Lipinski definition) is 5. The maximum absolute atomic E-state index is 6.17. The fourth-order valence-corrected chi connectivity index (χ4v) is 5.74. The molecule has 2 bridgehead atoms.